The van der Waals surface area contributed by atoms with Gasteiger partial charge in [0.05, 0.1) is 6.10 Å². The summed E-state index contributed by atoms with van der Waals surface area (Å²) in [5.74, 6) is 0. The third-order valence-electron chi connectivity index (χ3n) is 1.78. The molecular formula is C9H13BrOS. The van der Waals surface area contributed by atoms with Crippen LogP contribution in [0.25, 0.3) is 0 Å². The van der Waals surface area contributed by atoms with E-state index in [0.717, 1.165) is 28.6 Å². The van der Waals surface area contributed by atoms with E-state index in [-0.39, 0.29) is 6.10 Å². The van der Waals surface area contributed by atoms with Gasteiger partial charge < -0.3 is 5.11 Å². The number of hydrogen-bond donors (Lipinski definition) is 1. The quantitative estimate of drug-likeness (QED) is 0.861. The highest BCUT2D eigenvalue weighted by Gasteiger charge is 2.11. The minimum absolute atomic E-state index is 0.278. The van der Waals surface area contributed by atoms with Crippen molar-refractivity contribution in [3.63, 3.8) is 0 Å². The Kier molecular flexibility index (Phi) is 4.26. The minimum Gasteiger partial charge on any atom is -0.388 e. The molecule has 1 rings (SSSR count). The predicted octanol–water partition coefficient (Wildman–Crippen LogP) is 3.73. The van der Waals surface area contributed by atoms with E-state index in [2.05, 4.69) is 22.9 Å². The summed E-state index contributed by atoms with van der Waals surface area (Å²) in [6, 6.07) is 1.98. The zero-order valence-corrected chi connectivity index (χ0v) is 9.49. The summed E-state index contributed by atoms with van der Waals surface area (Å²) in [7, 11) is 0. The summed E-state index contributed by atoms with van der Waals surface area (Å²) < 4.78 is 1.04. The van der Waals surface area contributed by atoms with Crippen molar-refractivity contribution in [2.45, 2.75) is 32.3 Å². The van der Waals surface area contributed by atoms with Gasteiger partial charge in [0.2, 0.25) is 0 Å². The number of hydrogen-bond acceptors (Lipinski definition) is 2. The number of rotatable bonds is 4. The van der Waals surface area contributed by atoms with Gasteiger partial charge >= 0.3 is 0 Å². The monoisotopic (exact) mass is 248 g/mol. The zero-order chi connectivity index (χ0) is 8.97. The molecule has 1 N–H and O–H groups in total. The zero-order valence-electron chi connectivity index (χ0n) is 7.09. The fraction of sp³-hybridized carbons (Fsp3) is 0.556. The lowest BCUT2D eigenvalue weighted by atomic mass is 10.1. The SMILES string of the molecule is CCCCC(O)c1sccc1Br. The summed E-state index contributed by atoms with van der Waals surface area (Å²) >= 11 is 5.02. The van der Waals surface area contributed by atoms with Crippen LogP contribution >= 0.6 is 27.3 Å². The molecule has 1 nitrogen and oxygen atoms in total. The third-order valence-corrected chi connectivity index (χ3v) is 3.75. The summed E-state index contributed by atoms with van der Waals surface area (Å²) in [5.41, 5.74) is 0. The van der Waals surface area contributed by atoms with Gasteiger partial charge in [-0.05, 0) is 33.8 Å². The molecule has 0 radical (unpaired) electrons. The van der Waals surface area contributed by atoms with Crippen molar-refractivity contribution in [2.75, 3.05) is 0 Å². The lowest BCUT2D eigenvalue weighted by molar-refractivity contribution is 0.167. The van der Waals surface area contributed by atoms with Crippen molar-refractivity contribution in [3.8, 4) is 0 Å². The maximum atomic E-state index is 9.70. The van der Waals surface area contributed by atoms with Crippen LogP contribution in [0.4, 0.5) is 0 Å². The molecule has 0 aliphatic heterocycles. The molecule has 0 bridgehead atoms. The Hall–Kier alpha value is 0.140. The summed E-state index contributed by atoms with van der Waals surface area (Å²) in [6.07, 6.45) is 2.82. The van der Waals surface area contributed by atoms with Crippen LogP contribution in [-0.2, 0) is 0 Å². The van der Waals surface area contributed by atoms with Gasteiger partial charge in [-0.2, -0.15) is 0 Å². The minimum atomic E-state index is -0.278. The van der Waals surface area contributed by atoms with Crippen molar-refractivity contribution in [2.24, 2.45) is 0 Å². The molecule has 1 heterocycles. The van der Waals surface area contributed by atoms with E-state index in [1.807, 2.05) is 11.4 Å². The van der Waals surface area contributed by atoms with Crippen molar-refractivity contribution < 1.29 is 5.11 Å². The van der Waals surface area contributed by atoms with Gasteiger partial charge in [-0.1, -0.05) is 19.8 Å². The van der Waals surface area contributed by atoms with Crippen LogP contribution in [0.1, 0.15) is 37.2 Å². The Balaban J connectivity index is 2.52. The van der Waals surface area contributed by atoms with Gasteiger partial charge in [-0.25, -0.2) is 0 Å². The fourth-order valence-corrected chi connectivity index (χ4v) is 2.73. The van der Waals surface area contributed by atoms with Gasteiger partial charge in [0, 0.05) is 9.35 Å². The molecule has 0 fully saturated rings. The van der Waals surface area contributed by atoms with E-state index in [9.17, 15) is 5.11 Å². The second kappa shape index (κ2) is 5.00. The van der Waals surface area contributed by atoms with Crippen LogP contribution in [0.2, 0.25) is 0 Å². The average molecular weight is 249 g/mol. The van der Waals surface area contributed by atoms with Gasteiger partial charge in [-0.15, -0.1) is 11.3 Å². The second-order valence-electron chi connectivity index (χ2n) is 2.79. The first-order valence-corrected chi connectivity index (χ1v) is 5.84. The van der Waals surface area contributed by atoms with E-state index in [0.29, 0.717) is 0 Å². The molecule has 1 atom stereocenters. The smallest absolute Gasteiger partial charge is 0.0893 e. The first-order valence-electron chi connectivity index (χ1n) is 4.16. The number of aliphatic hydroxyl groups excluding tert-OH is 1. The van der Waals surface area contributed by atoms with Crippen molar-refractivity contribution >= 4 is 27.3 Å². The topological polar surface area (TPSA) is 20.2 Å². The van der Waals surface area contributed by atoms with Crippen molar-refractivity contribution in [3.05, 3.63) is 20.8 Å². The Bertz CT molecular complexity index is 234. The van der Waals surface area contributed by atoms with Crippen LogP contribution in [-0.4, -0.2) is 5.11 Å². The van der Waals surface area contributed by atoms with E-state index < -0.39 is 0 Å². The van der Waals surface area contributed by atoms with Crippen LogP contribution in [0.15, 0.2) is 15.9 Å². The standard InChI is InChI=1S/C9H13BrOS/c1-2-3-4-8(11)9-7(10)5-6-12-9/h5-6,8,11H,2-4H2,1H3. The molecule has 0 aliphatic rings. The Morgan fingerprint density at radius 2 is 2.42 bits per heavy atom. The predicted molar refractivity (Wildman–Crippen MR) is 56.5 cm³/mol. The lowest BCUT2D eigenvalue weighted by Gasteiger charge is -2.07. The molecule has 0 amide bonds. The highest BCUT2D eigenvalue weighted by Crippen LogP contribution is 2.31. The molecule has 0 spiro atoms. The van der Waals surface area contributed by atoms with Crippen LogP contribution in [0, 0.1) is 0 Å². The van der Waals surface area contributed by atoms with Gasteiger partial charge in [0.1, 0.15) is 0 Å². The number of thiophene rings is 1. The molecule has 1 aromatic rings. The first kappa shape index (κ1) is 10.2. The highest BCUT2D eigenvalue weighted by atomic mass is 79.9. The first-order chi connectivity index (χ1) is 5.75. The van der Waals surface area contributed by atoms with E-state index in [4.69, 9.17) is 0 Å². The third kappa shape index (κ3) is 2.57. The summed E-state index contributed by atoms with van der Waals surface area (Å²) in [5, 5.41) is 11.7. The number of halogens is 1. The van der Waals surface area contributed by atoms with Gasteiger partial charge in [0.15, 0.2) is 0 Å². The Labute approximate surface area is 85.6 Å². The molecule has 3 heteroatoms. The molecule has 0 saturated carbocycles. The van der Waals surface area contributed by atoms with Crippen LogP contribution in [0.5, 0.6) is 0 Å². The number of aliphatic hydroxyl groups is 1. The molecule has 1 aromatic heterocycles. The van der Waals surface area contributed by atoms with Gasteiger partial charge in [-0.3, -0.25) is 0 Å². The molecular weight excluding hydrogens is 236 g/mol. The largest absolute Gasteiger partial charge is 0.388 e. The average Bonchev–Trinajstić information content (AvgIpc) is 2.47. The maximum absolute atomic E-state index is 9.70. The molecule has 0 aromatic carbocycles. The Morgan fingerprint density at radius 3 is 2.92 bits per heavy atom. The fourth-order valence-electron chi connectivity index (χ4n) is 1.07. The van der Waals surface area contributed by atoms with Crippen molar-refractivity contribution in [1.82, 2.24) is 0 Å². The normalized spacial score (nSPS) is 13.2. The highest BCUT2D eigenvalue weighted by molar-refractivity contribution is 9.10. The van der Waals surface area contributed by atoms with Gasteiger partial charge in [0.25, 0.3) is 0 Å². The Morgan fingerprint density at radius 1 is 1.67 bits per heavy atom. The van der Waals surface area contributed by atoms with E-state index >= 15 is 0 Å². The van der Waals surface area contributed by atoms with Crippen LogP contribution in [0.3, 0.4) is 0 Å². The molecule has 0 aliphatic carbocycles. The lowest BCUT2D eigenvalue weighted by Crippen LogP contribution is -1.94. The van der Waals surface area contributed by atoms with E-state index in [1.54, 1.807) is 11.3 Å². The summed E-state index contributed by atoms with van der Waals surface area (Å²) in [6.45, 7) is 2.14. The molecule has 1 unspecified atom stereocenters. The molecule has 68 valence electrons. The van der Waals surface area contributed by atoms with Crippen molar-refractivity contribution in [1.29, 1.82) is 0 Å². The van der Waals surface area contributed by atoms with E-state index in [1.165, 1.54) is 0 Å². The number of unbranched alkanes of at least 4 members (excludes halogenated alkanes) is 1. The maximum Gasteiger partial charge on any atom is 0.0893 e. The molecule has 12 heavy (non-hydrogen) atoms. The second-order valence-corrected chi connectivity index (χ2v) is 4.59. The van der Waals surface area contributed by atoms with Crippen LogP contribution < -0.4 is 0 Å². The summed E-state index contributed by atoms with van der Waals surface area (Å²) in [4.78, 5) is 1.06. The molecule has 0 saturated heterocycles.